The number of carbonyl (C=O) groups excluding carboxylic acids is 1. The average Bonchev–Trinajstić information content (AvgIpc) is 2.72. The minimum absolute atomic E-state index is 0.0889. The van der Waals surface area contributed by atoms with Crippen molar-refractivity contribution in [1.29, 1.82) is 0 Å². The molecule has 1 N–H and O–H groups in total. The van der Waals surface area contributed by atoms with Gasteiger partial charge in [-0.2, -0.15) is 0 Å². The highest BCUT2D eigenvalue weighted by molar-refractivity contribution is 8.00. The summed E-state index contributed by atoms with van der Waals surface area (Å²) < 4.78 is 18.4. The standard InChI is InChI=1S/C22H20FNO2S/c1-26-19-11-13-20(14-12-19)27-15-21(25)24-22(16-5-3-2-4-6-16)17-7-9-18(23)10-8-17/h2-14,22H,15H2,1H3,(H,24,25). The molecule has 0 aromatic heterocycles. The predicted molar refractivity (Wildman–Crippen MR) is 107 cm³/mol. The van der Waals surface area contributed by atoms with Gasteiger partial charge >= 0.3 is 0 Å². The molecule has 0 fully saturated rings. The van der Waals surface area contributed by atoms with Crippen molar-refractivity contribution < 1.29 is 13.9 Å². The molecule has 0 aliphatic rings. The maximum Gasteiger partial charge on any atom is 0.231 e. The van der Waals surface area contributed by atoms with Gasteiger partial charge in [0.05, 0.1) is 18.9 Å². The topological polar surface area (TPSA) is 38.3 Å². The summed E-state index contributed by atoms with van der Waals surface area (Å²) >= 11 is 1.45. The van der Waals surface area contributed by atoms with E-state index in [0.29, 0.717) is 0 Å². The van der Waals surface area contributed by atoms with E-state index < -0.39 is 0 Å². The quantitative estimate of drug-likeness (QED) is 0.596. The first-order valence-electron chi connectivity index (χ1n) is 8.52. The van der Waals surface area contributed by atoms with Gasteiger partial charge in [0.15, 0.2) is 0 Å². The number of methoxy groups -OCH3 is 1. The van der Waals surface area contributed by atoms with Crippen molar-refractivity contribution in [3.05, 3.63) is 95.8 Å². The van der Waals surface area contributed by atoms with E-state index >= 15 is 0 Å². The monoisotopic (exact) mass is 381 g/mol. The number of hydrogen-bond donors (Lipinski definition) is 1. The Bertz CT molecular complexity index is 867. The zero-order chi connectivity index (χ0) is 19.1. The zero-order valence-corrected chi connectivity index (χ0v) is 15.7. The lowest BCUT2D eigenvalue weighted by Crippen LogP contribution is -2.30. The maximum atomic E-state index is 13.3. The third-order valence-corrected chi connectivity index (χ3v) is 5.08. The van der Waals surface area contributed by atoms with Crippen LogP contribution in [0.3, 0.4) is 0 Å². The fourth-order valence-electron chi connectivity index (χ4n) is 2.68. The van der Waals surface area contributed by atoms with Crippen LogP contribution in [0.25, 0.3) is 0 Å². The second-order valence-electron chi connectivity index (χ2n) is 5.93. The minimum atomic E-state index is -0.323. The highest BCUT2D eigenvalue weighted by Crippen LogP contribution is 2.24. The van der Waals surface area contributed by atoms with E-state index in [4.69, 9.17) is 4.74 Å². The Morgan fingerprint density at radius 2 is 1.59 bits per heavy atom. The summed E-state index contributed by atoms with van der Waals surface area (Å²) in [5, 5.41) is 3.05. The highest BCUT2D eigenvalue weighted by atomic mass is 32.2. The molecule has 0 bridgehead atoms. The van der Waals surface area contributed by atoms with Crippen LogP contribution in [-0.4, -0.2) is 18.8 Å². The first-order chi connectivity index (χ1) is 13.2. The Morgan fingerprint density at radius 1 is 0.963 bits per heavy atom. The number of rotatable bonds is 7. The van der Waals surface area contributed by atoms with E-state index in [1.807, 2.05) is 54.6 Å². The van der Waals surface area contributed by atoms with Crippen LogP contribution in [0.2, 0.25) is 0 Å². The van der Waals surface area contributed by atoms with Gasteiger partial charge in [-0.25, -0.2) is 4.39 Å². The van der Waals surface area contributed by atoms with Gasteiger partial charge in [-0.3, -0.25) is 4.79 Å². The largest absolute Gasteiger partial charge is 0.497 e. The molecule has 0 radical (unpaired) electrons. The molecule has 3 aromatic rings. The summed E-state index contributed by atoms with van der Waals surface area (Å²) in [4.78, 5) is 13.5. The van der Waals surface area contributed by atoms with Gasteiger partial charge in [0, 0.05) is 4.90 Å². The van der Waals surface area contributed by atoms with Crippen LogP contribution in [-0.2, 0) is 4.79 Å². The number of amides is 1. The molecule has 1 amide bonds. The highest BCUT2D eigenvalue weighted by Gasteiger charge is 2.17. The normalized spacial score (nSPS) is 11.6. The second-order valence-corrected chi connectivity index (χ2v) is 6.98. The Balaban J connectivity index is 1.69. The lowest BCUT2D eigenvalue weighted by molar-refractivity contribution is -0.119. The van der Waals surface area contributed by atoms with Gasteiger partial charge in [0.1, 0.15) is 11.6 Å². The molecule has 3 rings (SSSR count). The molecular formula is C22H20FNO2S. The predicted octanol–water partition coefficient (Wildman–Crippen LogP) is 4.83. The molecule has 27 heavy (non-hydrogen) atoms. The average molecular weight is 381 g/mol. The van der Waals surface area contributed by atoms with Crippen molar-refractivity contribution in [2.75, 3.05) is 12.9 Å². The first kappa shape index (κ1) is 19.0. The molecule has 1 atom stereocenters. The fraction of sp³-hybridized carbons (Fsp3) is 0.136. The summed E-state index contributed by atoms with van der Waals surface area (Å²) in [6, 6.07) is 23.1. The first-order valence-corrected chi connectivity index (χ1v) is 9.51. The number of thioether (sulfide) groups is 1. The third-order valence-electron chi connectivity index (χ3n) is 4.07. The smallest absolute Gasteiger partial charge is 0.231 e. The van der Waals surface area contributed by atoms with E-state index in [9.17, 15) is 9.18 Å². The Hall–Kier alpha value is -2.79. The van der Waals surface area contributed by atoms with Gasteiger partial charge < -0.3 is 10.1 Å². The Kier molecular flexibility index (Phi) is 6.49. The molecule has 3 aromatic carbocycles. The summed E-state index contributed by atoms with van der Waals surface area (Å²) in [6.07, 6.45) is 0. The van der Waals surface area contributed by atoms with E-state index in [0.717, 1.165) is 21.8 Å². The van der Waals surface area contributed by atoms with Crippen LogP contribution in [0.15, 0.2) is 83.8 Å². The Morgan fingerprint density at radius 3 is 2.22 bits per heavy atom. The molecule has 0 saturated heterocycles. The van der Waals surface area contributed by atoms with Crippen molar-refractivity contribution in [1.82, 2.24) is 5.32 Å². The lowest BCUT2D eigenvalue weighted by atomic mass is 9.98. The molecule has 0 aliphatic carbocycles. The minimum Gasteiger partial charge on any atom is -0.497 e. The molecule has 5 heteroatoms. The number of halogens is 1. The molecule has 1 unspecified atom stereocenters. The van der Waals surface area contributed by atoms with Crippen molar-refractivity contribution in [2.45, 2.75) is 10.9 Å². The molecular weight excluding hydrogens is 361 g/mol. The summed E-state index contributed by atoms with van der Waals surface area (Å²) in [5.74, 6) is 0.682. The number of carbonyl (C=O) groups is 1. The van der Waals surface area contributed by atoms with Gasteiger partial charge in [-0.05, 0) is 47.5 Å². The molecule has 3 nitrogen and oxygen atoms in total. The van der Waals surface area contributed by atoms with Crippen LogP contribution in [0, 0.1) is 5.82 Å². The van der Waals surface area contributed by atoms with Crippen LogP contribution in [0.4, 0.5) is 4.39 Å². The maximum absolute atomic E-state index is 13.3. The fourth-order valence-corrected chi connectivity index (χ4v) is 3.39. The van der Waals surface area contributed by atoms with Crippen LogP contribution in [0.1, 0.15) is 17.2 Å². The summed E-state index contributed by atoms with van der Waals surface area (Å²) in [6.45, 7) is 0. The van der Waals surface area contributed by atoms with E-state index in [-0.39, 0.29) is 23.5 Å². The summed E-state index contributed by atoms with van der Waals surface area (Å²) in [7, 11) is 1.62. The number of benzene rings is 3. The van der Waals surface area contributed by atoms with E-state index in [1.54, 1.807) is 19.2 Å². The van der Waals surface area contributed by atoms with Crippen LogP contribution in [0.5, 0.6) is 5.75 Å². The molecule has 0 saturated carbocycles. The number of nitrogens with one attached hydrogen (secondary N) is 1. The van der Waals surface area contributed by atoms with Crippen LogP contribution < -0.4 is 10.1 Å². The lowest BCUT2D eigenvalue weighted by Gasteiger charge is -2.20. The van der Waals surface area contributed by atoms with Crippen molar-refractivity contribution in [2.24, 2.45) is 0 Å². The zero-order valence-electron chi connectivity index (χ0n) is 14.9. The Labute approximate surface area is 162 Å². The van der Waals surface area contributed by atoms with Gasteiger partial charge in [-0.15, -0.1) is 11.8 Å². The SMILES string of the molecule is COc1ccc(SCC(=O)NC(c2ccccc2)c2ccc(F)cc2)cc1. The van der Waals surface area contributed by atoms with Crippen molar-refractivity contribution in [3.8, 4) is 5.75 Å². The van der Waals surface area contributed by atoms with E-state index in [2.05, 4.69) is 5.32 Å². The van der Waals surface area contributed by atoms with Crippen LogP contribution >= 0.6 is 11.8 Å². The molecule has 0 spiro atoms. The van der Waals surface area contributed by atoms with Crippen molar-refractivity contribution >= 4 is 17.7 Å². The molecule has 0 heterocycles. The second kappa shape index (κ2) is 9.24. The van der Waals surface area contributed by atoms with Gasteiger partial charge in [0.25, 0.3) is 0 Å². The third kappa shape index (κ3) is 5.34. The van der Waals surface area contributed by atoms with Gasteiger partial charge in [0.2, 0.25) is 5.91 Å². The number of ether oxygens (including phenoxy) is 1. The summed E-state index contributed by atoms with van der Waals surface area (Å²) in [5.41, 5.74) is 1.79. The molecule has 0 aliphatic heterocycles. The van der Waals surface area contributed by atoms with Gasteiger partial charge in [-0.1, -0.05) is 42.5 Å². The molecule has 138 valence electrons. The van der Waals surface area contributed by atoms with E-state index in [1.165, 1.54) is 23.9 Å². The van der Waals surface area contributed by atoms with Crippen molar-refractivity contribution in [3.63, 3.8) is 0 Å². The number of hydrogen-bond acceptors (Lipinski definition) is 3.